The molecule has 0 saturated heterocycles. The van der Waals surface area contributed by atoms with Crippen molar-refractivity contribution in [1.82, 2.24) is 10.6 Å². The minimum atomic E-state index is -0.651. The standard InChI is InChI=1S/C25H26N2O3/c1-30-22-14-12-20(13-15-22)17-24(28)27-23(16-19-8-4-2-5-9-19)25(29)26-18-21-10-6-3-7-11-21/h2-15,23H,16-18H2,1H3,(H,26,29)(H,27,28). The maximum absolute atomic E-state index is 12.8. The first-order valence-corrected chi connectivity index (χ1v) is 9.92. The molecule has 0 heterocycles. The van der Waals surface area contributed by atoms with E-state index in [0.717, 1.165) is 22.4 Å². The normalized spacial score (nSPS) is 11.4. The maximum atomic E-state index is 12.8. The Bertz CT molecular complexity index is 941. The lowest BCUT2D eigenvalue weighted by Crippen LogP contribution is -2.48. The molecule has 5 nitrogen and oxygen atoms in total. The molecule has 1 unspecified atom stereocenters. The minimum Gasteiger partial charge on any atom is -0.497 e. The highest BCUT2D eigenvalue weighted by atomic mass is 16.5. The molecular formula is C25H26N2O3. The quantitative estimate of drug-likeness (QED) is 0.577. The van der Waals surface area contributed by atoms with Gasteiger partial charge in [0.15, 0.2) is 0 Å². The number of hydrogen-bond acceptors (Lipinski definition) is 3. The number of methoxy groups -OCH3 is 1. The van der Waals surface area contributed by atoms with Crippen molar-refractivity contribution in [1.29, 1.82) is 0 Å². The van der Waals surface area contributed by atoms with Crippen molar-refractivity contribution in [2.75, 3.05) is 7.11 Å². The summed E-state index contributed by atoms with van der Waals surface area (Å²) in [4.78, 5) is 25.5. The van der Waals surface area contributed by atoms with Gasteiger partial charge in [-0.3, -0.25) is 9.59 Å². The van der Waals surface area contributed by atoms with Crippen molar-refractivity contribution in [3.05, 3.63) is 102 Å². The van der Waals surface area contributed by atoms with E-state index < -0.39 is 6.04 Å². The van der Waals surface area contributed by atoms with E-state index in [1.807, 2.05) is 84.9 Å². The summed E-state index contributed by atoms with van der Waals surface area (Å²) in [7, 11) is 1.60. The fourth-order valence-electron chi connectivity index (χ4n) is 3.14. The number of nitrogens with one attached hydrogen (secondary N) is 2. The molecule has 0 radical (unpaired) electrons. The maximum Gasteiger partial charge on any atom is 0.243 e. The molecule has 30 heavy (non-hydrogen) atoms. The minimum absolute atomic E-state index is 0.196. The highest BCUT2D eigenvalue weighted by Crippen LogP contribution is 2.12. The van der Waals surface area contributed by atoms with Crippen LogP contribution < -0.4 is 15.4 Å². The number of carbonyl (C=O) groups excluding carboxylic acids is 2. The van der Waals surface area contributed by atoms with Crippen molar-refractivity contribution < 1.29 is 14.3 Å². The zero-order valence-corrected chi connectivity index (χ0v) is 17.0. The van der Waals surface area contributed by atoms with Crippen LogP contribution in [0.4, 0.5) is 0 Å². The number of benzene rings is 3. The van der Waals surface area contributed by atoms with Crippen LogP contribution in [-0.4, -0.2) is 25.0 Å². The molecule has 0 spiro atoms. The van der Waals surface area contributed by atoms with Crippen LogP contribution in [0.25, 0.3) is 0 Å². The van der Waals surface area contributed by atoms with Crippen LogP contribution >= 0.6 is 0 Å². The summed E-state index contributed by atoms with van der Waals surface area (Å²) < 4.78 is 5.15. The van der Waals surface area contributed by atoms with Crippen molar-refractivity contribution in [3.8, 4) is 5.75 Å². The number of carbonyl (C=O) groups is 2. The molecule has 0 fully saturated rings. The summed E-state index contributed by atoms with van der Waals surface area (Å²) in [5, 5.41) is 5.83. The van der Waals surface area contributed by atoms with Crippen molar-refractivity contribution in [3.63, 3.8) is 0 Å². The number of amides is 2. The van der Waals surface area contributed by atoms with Gasteiger partial charge in [-0.25, -0.2) is 0 Å². The third kappa shape index (κ3) is 6.48. The molecule has 3 rings (SSSR count). The zero-order chi connectivity index (χ0) is 21.2. The van der Waals surface area contributed by atoms with Gasteiger partial charge in [0, 0.05) is 13.0 Å². The van der Waals surface area contributed by atoms with Gasteiger partial charge in [-0.2, -0.15) is 0 Å². The van der Waals surface area contributed by atoms with Crippen molar-refractivity contribution in [2.45, 2.75) is 25.4 Å². The van der Waals surface area contributed by atoms with Crippen molar-refractivity contribution >= 4 is 11.8 Å². The van der Waals surface area contributed by atoms with Gasteiger partial charge in [0.1, 0.15) is 11.8 Å². The lowest BCUT2D eigenvalue weighted by atomic mass is 10.0. The second kappa shape index (κ2) is 10.8. The summed E-state index contributed by atoms with van der Waals surface area (Å²) in [6.45, 7) is 0.416. The number of rotatable bonds is 9. The Morgan fingerprint density at radius 2 is 1.40 bits per heavy atom. The Kier molecular flexibility index (Phi) is 7.61. The molecule has 0 aliphatic carbocycles. The second-order valence-corrected chi connectivity index (χ2v) is 7.04. The van der Waals surface area contributed by atoms with Gasteiger partial charge in [0.25, 0.3) is 0 Å². The molecule has 0 aromatic heterocycles. The Morgan fingerprint density at radius 3 is 2.00 bits per heavy atom. The Hall–Kier alpha value is -3.60. The molecule has 0 bridgehead atoms. The third-order valence-electron chi connectivity index (χ3n) is 4.77. The van der Waals surface area contributed by atoms with Gasteiger partial charge in [-0.1, -0.05) is 72.8 Å². The van der Waals surface area contributed by atoms with Crippen LogP contribution in [-0.2, 0) is 29.0 Å². The molecule has 0 saturated carbocycles. The van der Waals surface area contributed by atoms with E-state index in [1.54, 1.807) is 7.11 Å². The molecule has 1 atom stereocenters. The molecule has 2 amide bonds. The molecule has 154 valence electrons. The molecule has 3 aromatic rings. The highest BCUT2D eigenvalue weighted by Gasteiger charge is 2.21. The number of hydrogen-bond donors (Lipinski definition) is 2. The fraction of sp³-hybridized carbons (Fsp3) is 0.200. The van der Waals surface area contributed by atoms with E-state index in [0.29, 0.717) is 13.0 Å². The Labute approximate surface area is 177 Å². The van der Waals surface area contributed by atoms with E-state index >= 15 is 0 Å². The van der Waals surface area contributed by atoms with E-state index in [9.17, 15) is 9.59 Å². The van der Waals surface area contributed by atoms with E-state index in [2.05, 4.69) is 10.6 Å². The lowest BCUT2D eigenvalue weighted by molar-refractivity contribution is -0.128. The van der Waals surface area contributed by atoms with E-state index in [4.69, 9.17) is 4.74 Å². The predicted octanol–water partition coefficient (Wildman–Crippen LogP) is 3.28. The smallest absolute Gasteiger partial charge is 0.243 e. The van der Waals surface area contributed by atoms with E-state index in [-0.39, 0.29) is 18.2 Å². The van der Waals surface area contributed by atoms with Crippen LogP contribution in [0.3, 0.4) is 0 Å². The van der Waals surface area contributed by atoms with Crippen LogP contribution in [0, 0.1) is 0 Å². The molecule has 3 aromatic carbocycles. The fourth-order valence-corrected chi connectivity index (χ4v) is 3.14. The number of ether oxygens (including phenoxy) is 1. The summed E-state index contributed by atoms with van der Waals surface area (Å²) in [6.07, 6.45) is 0.622. The summed E-state index contributed by atoms with van der Waals surface area (Å²) >= 11 is 0. The highest BCUT2D eigenvalue weighted by molar-refractivity contribution is 5.88. The van der Waals surface area contributed by atoms with Gasteiger partial charge in [-0.15, -0.1) is 0 Å². The zero-order valence-electron chi connectivity index (χ0n) is 17.0. The third-order valence-corrected chi connectivity index (χ3v) is 4.77. The molecular weight excluding hydrogens is 376 g/mol. The summed E-state index contributed by atoms with van der Waals surface area (Å²) in [5.74, 6) is 0.336. The first-order valence-electron chi connectivity index (χ1n) is 9.92. The Morgan fingerprint density at radius 1 is 0.800 bits per heavy atom. The second-order valence-electron chi connectivity index (χ2n) is 7.04. The van der Waals surface area contributed by atoms with Crippen LogP contribution in [0.1, 0.15) is 16.7 Å². The van der Waals surface area contributed by atoms with Gasteiger partial charge in [-0.05, 0) is 28.8 Å². The average molecular weight is 402 g/mol. The van der Waals surface area contributed by atoms with Crippen LogP contribution in [0.5, 0.6) is 5.75 Å². The first kappa shape index (κ1) is 21.1. The summed E-state index contributed by atoms with van der Waals surface area (Å²) in [6, 6.07) is 26.1. The van der Waals surface area contributed by atoms with Gasteiger partial charge in [0.2, 0.25) is 11.8 Å². The molecule has 0 aliphatic heterocycles. The summed E-state index contributed by atoms with van der Waals surface area (Å²) in [5.41, 5.74) is 2.85. The lowest BCUT2D eigenvalue weighted by Gasteiger charge is -2.19. The Balaban J connectivity index is 1.64. The topological polar surface area (TPSA) is 67.4 Å². The first-order chi connectivity index (χ1) is 14.6. The van der Waals surface area contributed by atoms with Crippen LogP contribution in [0.15, 0.2) is 84.9 Å². The molecule has 2 N–H and O–H groups in total. The van der Waals surface area contributed by atoms with Gasteiger partial charge >= 0.3 is 0 Å². The largest absolute Gasteiger partial charge is 0.497 e. The average Bonchev–Trinajstić information content (AvgIpc) is 2.79. The van der Waals surface area contributed by atoms with Crippen LogP contribution in [0.2, 0.25) is 0 Å². The molecule has 5 heteroatoms. The SMILES string of the molecule is COc1ccc(CC(=O)NC(Cc2ccccc2)C(=O)NCc2ccccc2)cc1. The van der Waals surface area contributed by atoms with E-state index in [1.165, 1.54) is 0 Å². The predicted molar refractivity (Wildman–Crippen MR) is 117 cm³/mol. The van der Waals surface area contributed by atoms with Crippen molar-refractivity contribution in [2.24, 2.45) is 0 Å². The van der Waals surface area contributed by atoms with Gasteiger partial charge < -0.3 is 15.4 Å². The monoisotopic (exact) mass is 402 g/mol. The van der Waals surface area contributed by atoms with Gasteiger partial charge in [0.05, 0.1) is 13.5 Å². The molecule has 0 aliphatic rings.